The molecule has 9 nitrogen and oxygen atoms in total. The lowest BCUT2D eigenvalue weighted by Gasteiger charge is -2.30. The van der Waals surface area contributed by atoms with E-state index in [4.69, 9.17) is 14.0 Å². The Balaban J connectivity index is 1.40. The van der Waals surface area contributed by atoms with Crippen LogP contribution in [0.15, 0.2) is 53.1 Å². The van der Waals surface area contributed by atoms with Gasteiger partial charge in [0.1, 0.15) is 0 Å². The number of anilines is 1. The van der Waals surface area contributed by atoms with E-state index in [0.717, 1.165) is 24.0 Å². The number of methoxy groups -OCH3 is 2. The molecule has 0 saturated carbocycles. The Kier molecular flexibility index (Phi) is 7.45. The summed E-state index contributed by atoms with van der Waals surface area (Å²) in [6, 6.07) is 12.7. The lowest BCUT2D eigenvalue weighted by atomic mass is 9.98. The number of piperidine rings is 1. The van der Waals surface area contributed by atoms with Gasteiger partial charge in [0.05, 0.1) is 20.1 Å². The molecule has 0 bridgehead atoms. The predicted molar refractivity (Wildman–Crippen MR) is 131 cm³/mol. The van der Waals surface area contributed by atoms with E-state index in [1.54, 1.807) is 49.5 Å². The highest BCUT2D eigenvalue weighted by Crippen LogP contribution is 2.29. The van der Waals surface area contributed by atoms with Crippen LogP contribution in [0.5, 0.6) is 11.5 Å². The van der Waals surface area contributed by atoms with Crippen LogP contribution in [-0.4, -0.2) is 54.2 Å². The quantitative estimate of drug-likeness (QED) is 0.511. The van der Waals surface area contributed by atoms with Gasteiger partial charge in [0.15, 0.2) is 11.5 Å². The topological polar surface area (TPSA) is 107 Å². The van der Waals surface area contributed by atoms with E-state index in [1.165, 1.54) is 6.92 Å². The summed E-state index contributed by atoms with van der Waals surface area (Å²) in [6.45, 7) is 2.65. The van der Waals surface area contributed by atoms with Crippen LogP contribution in [0.1, 0.15) is 37.1 Å². The predicted octanol–water partition coefficient (Wildman–Crippen LogP) is 4.13. The fourth-order valence-electron chi connectivity index (χ4n) is 4.03. The zero-order valence-corrected chi connectivity index (χ0v) is 20.0. The number of likely N-dealkylation sites (tertiary alicyclic amines) is 1. The normalized spacial score (nSPS) is 15.7. The number of benzene rings is 2. The van der Waals surface area contributed by atoms with Crippen LogP contribution in [0.3, 0.4) is 0 Å². The molecule has 0 aliphatic carbocycles. The minimum Gasteiger partial charge on any atom is -0.493 e. The second-order valence-corrected chi connectivity index (χ2v) is 8.29. The van der Waals surface area contributed by atoms with Crippen molar-refractivity contribution in [2.75, 3.05) is 32.6 Å². The highest BCUT2D eigenvalue weighted by atomic mass is 16.5. The van der Waals surface area contributed by atoms with Gasteiger partial charge in [0, 0.05) is 37.3 Å². The van der Waals surface area contributed by atoms with E-state index in [1.807, 2.05) is 24.3 Å². The first-order valence-corrected chi connectivity index (χ1v) is 11.4. The van der Waals surface area contributed by atoms with Crippen molar-refractivity contribution in [3.05, 3.63) is 60.0 Å². The second kappa shape index (κ2) is 10.9. The van der Waals surface area contributed by atoms with Gasteiger partial charge in [0.2, 0.25) is 23.5 Å². The molecule has 4 rings (SSSR count). The van der Waals surface area contributed by atoms with Crippen molar-refractivity contribution in [2.45, 2.75) is 25.7 Å². The van der Waals surface area contributed by atoms with Crippen molar-refractivity contribution < 1.29 is 23.6 Å². The summed E-state index contributed by atoms with van der Waals surface area (Å²) in [5.74, 6) is 2.02. The van der Waals surface area contributed by atoms with E-state index < -0.39 is 0 Å². The average molecular weight is 477 g/mol. The summed E-state index contributed by atoms with van der Waals surface area (Å²) in [6.07, 6.45) is 5.05. The first-order chi connectivity index (χ1) is 17.0. The third-order valence-corrected chi connectivity index (χ3v) is 5.81. The molecule has 1 aliphatic rings. The van der Waals surface area contributed by atoms with Gasteiger partial charge in [-0.25, -0.2) is 0 Å². The SMILES string of the molecule is COc1ccc(/C=C/C(=O)N2CCC[C@H](c3nc(-c4ccc(NC(C)=O)cc4)no3)C2)cc1OC. The molecule has 35 heavy (non-hydrogen) atoms. The number of amides is 2. The zero-order valence-electron chi connectivity index (χ0n) is 20.0. The minimum absolute atomic E-state index is 0.0258. The molecule has 182 valence electrons. The van der Waals surface area contributed by atoms with Crippen molar-refractivity contribution in [1.29, 1.82) is 0 Å². The standard InChI is InChI=1S/C26H28N4O5/c1-17(31)27-21-10-8-19(9-11-21)25-28-26(35-29-25)20-5-4-14-30(16-20)24(32)13-7-18-6-12-22(33-2)23(15-18)34-3/h6-13,15,20H,4-5,14,16H2,1-3H3,(H,27,31)/b13-7+/t20-/m0/s1. The number of rotatable bonds is 7. The minimum atomic E-state index is -0.130. The molecule has 2 heterocycles. The van der Waals surface area contributed by atoms with Gasteiger partial charge >= 0.3 is 0 Å². The van der Waals surface area contributed by atoms with E-state index in [0.29, 0.717) is 42.0 Å². The van der Waals surface area contributed by atoms with E-state index in [9.17, 15) is 9.59 Å². The molecule has 0 radical (unpaired) electrons. The molecule has 2 aromatic carbocycles. The molecular formula is C26H28N4O5. The van der Waals surface area contributed by atoms with Crippen LogP contribution in [0.25, 0.3) is 17.5 Å². The number of nitrogens with one attached hydrogen (secondary N) is 1. The number of hydrogen-bond acceptors (Lipinski definition) is 7. The lowest BCUT2D eigenvalue weighted by molar-refractivity contribution is -0.127. The monoisotopic (exact) mass is 476 g/mol. The van der Waals surface area contributed by atoms with Crippen LogP contribution >= 0.6 is 0 Å². The average Bonchev–Trinajstić information content (AvgIpc) is 3.37. The highest BCUT2D eigenvalue weighted by molar-refractivity contribution is 5.92. The van der Waals surface area contributed by atoms with E-state index >= 15 is 0 Å². The van der Waals surface area contributed by atoms with Crippen LogP contribution in [0, 0.1) is 0 Å². The fraction of sp³-hybridized carbons (Fsp3) is 0.308. The maximum atomic E-state index is 12.8. The Morgan fingerprint density at radius 3 is 2.60 bits per heavy atom. The Hall–Kier alpha value is -4.14. The Bertz CT molecular complexity index is 1220. The van der Waals surface area contributed by atoms with Gasteiger partial charge in [-0.05, 0) is 60.9 Å². The third kappa shape index (κ3) is 5.87. The summed E-state index contributed by atoms with van der Waals surface area (Å²) < 4.78 is 16.1. The van der Waals surface area contributed by atoms with Crippen molar-refractivity contribution in [3.63, 3.8) is 0 Å². The smallest absolute Gasteiger partial charge is 0.246 e. The largest absolute Gasteiger partial charge is 0.493 e. The van der Waals surface area contributed by atoms with Crippen LogP contribution < -0.4 is 14.8 Å². The molecule has 1 N–H and O–H groups in total. The van der Waals surface area contributed by atoms with Crippen LogP contribution in [0.4, 0.5) is 5.69 Å². The molecule has 1 fully saturated rings. The number of hydrogen-bond donors (Lipinski definition) is 1. The second-order valence-electron chi connectivity index (χ2n) is 8.29. The van der Waals surface area contributed by atoms with Gasteiger partial charge in [0.25, 0.3) is 0 Å². The summed E-state index contributed by atoms with van der Waals surface area (Å²) in [5.41, 5.74) is 2.33. The molecule has 3 aromatic rings. The molecule has 0 spiro atoms. The first kappa shape index (κ1) is 24.0. The molecule has 0 unspecified atom stereocenters. The number of carbonyl (C=O) groups is 2. The maximum absolute atomic E-state index is 12.8. The lowest BCUT2D eigenvalue weighted by Crippen LogP contribution is -2.38. The maximum Gasteiger partial charge on any atom is 0.246 e. The summed E-state index contributed by atoms with van der Waals surface area (Å²) in [5, 5.41) is 6.84. The van der Waals surface area contributed by atoms with Gasteiger partial charge in [-0.3, -0.25) is 9.59 Å². The summed E-state index contributed by atoms with van der Waals surface area (Å²) >= 11 is 0. The number of nitrogens with zero attached hydrogens (tertiary/aromatic N) is 3. The molecule has 9 heteroatoms. The molecular weight excluding hydrogens is 448 g/mol. The van der Waals surface area contributed by atoms with Crippen LogP contribution in [0.2, 0.25) is 0 Å². The highest BCUT2D eigenvalue weighted by Gasteiger charge is 2.28. The van der Waals surface area contributed by atoms with Crippen molar-refractivity contribution in [1.82, 2.24) is 15.0 Å². The fourth-order valence-corrected chi connectivity index (χ4v) is 4.03. The Morgan fingerprint density at radius 2 is 1.89 bits per heavy atom. The molecule has 2 amide bonds. The first-order valence-electron chi connectivity index (χ1n) is 11.4. The van der Waals surface area contributed by atoms with Gasteiger partial charge in [-0.15, -0.1) is 0 Å². The Morgan fingerprint density at radius 1 is 1.11 bits per heavy atom. The Labute approximate surface area is 203 Å². The third-order valence-electron chi connectivity index (χ3n) is 5.81. The van der Waals surface area contributed by atoms with Gasteiger partial charge in [-0.2, -0.15) is 4.98 Å². The van der Waals surface area contributed by atoms with Crippen molar-refractivity contribution in [3.8, 4) is 22.9 Å². The number of ether oxygens (including phenoxy) is 2. The van der Waals surface area contributed by atoms with Gasteiger partial charge in [-0.1, -0.05) is 11.2 Å². The van der Waals surface area contributed by atoms with Crippen molar-refractivity contribution in [2.24, 2.45) is 0 Å². The molecule has 1 atom stereocenters. The van der Waals surface area contributed by atoms with Gasteiger partial charge < -0.3 is 24.2 Å². The van der Waals surface area contributed by atoms with Crippen molar-refractivity contribution >= 4 is 23.6 Å². The summed E-state index contributed by atoms with van der Waals surface area (Å²) in [7, 11) is 3.16. The molecule has 1 aromatic heterocycles. The number of carbonyl (C=O) groups excluding carboxylic acids is 2. The number of aromatic nitrogens is 2. The van der Waals surface area contributed by atoms with E-state index in [2.05, 4.69) is 15.5 Å². The molecule has 1 aliphatic heterocycles. The van der Waals surface area contributed by atoms with E-state index in [-0.39, 0.29) is 17.7 Å². The summed E-state index contributed by atoms with van der Waals surface area (Å²) in [4.78, 5) is 30.4. The van der Waals surface area contributed by atoms with Crippen LogP contribution in [-0.2, 0) is 9.59 Å². The molecule has 1 saturated heterocycles. The zero-order chi connectivity index (χ0) is 24.8.